The van der Waals surface area contributed by atoms with Crippen LogP contribution in [-0.2, 0) is 60.7 Å². The van der Waals surface area contributed by atoms with Gasteiger partial charge >= 0.3 is 117 Å². The van der Waals surface area contributed by atoms with Crippen LogP contribution in [0.4, 0.5) is 84.5 Å². The van der Waals surface area contributed by atoms with Crippen molar-refractivity contribution in [1.82, 2.24) is 0 Å². The molecule has 0 N–H and O–H groups in total. The molecular weight excluding hydrogens is 1750 g/mol. The predicted molar refractivity (Wildman–Crippen MR) is 425 cm³/mol. The first-order chi connectivity index (χ1) is 53.4. The molecule has 14 nitrogen and oxygen atoms in total. The van der Waals surface area contributed by atoms with Gasteiger partial charge in [-0.15, -0.1) is 12.6 Å². The van der Waals surface area contributed by atoms with E-state index < -0.39 is 15.6 Å². The number of rotatable bonds is 26. The summed E-state index contributed by atoms with van der Waals surface area (Å²) in [6, 6.07) is 92.4. The number of ether oxygens (including phenoxy) is 4. The molecule has 34 heteroatoms. The quantitative estimate of drug-likeness (QED) is 0.00793. The number of benzene rings is 8. The number of thiol groups is 1. The fourth-order valence-corrected chi connectivity index (χ4v) is 11.2. The van der Waals surface area contributed by atoms with Crippen LogP contribution in [0.3, 0.4) is 0 Å². The number of aryl methyl sites for hydroxylation is 2. The van der Waals surface area contributed by atoms with Gasteiger partial charge < -0.3 is 33.9 Å². The Bertz CT molecular complexity index is 4900. The topological polar surface area (TPSA) is 181 Å². The van der Waals surface area contributed by atoms with Crippen LogP contribution >= 0.6 is 51.8 Å². The predicted octanol–water partition coefficient (Wildman–Crippen LogP) is 28.3. The van der Waals surface area contributed by atoms with Gasteiger partial charge in [0.25, 0.3) is 5.97 Å². The zero-order valence-corrected chi connectivity index (χ0v) is 68.9. The average molecular weight is 1820 g/mol. The Morgan fingerprint density at radius 2 is 0.819 bits per heavy atom. The van der Waals surface area contributed by atoms with E-state index in [4.69, 9.17) is 29.5 Å². The summed E-state index contributed by atoms with van der Waals surface area (Å²) in [6.45, 7) is 6.36. The normalized spacial score (nSPS) is 12.2. The van der Waals surface area contributed by atoms with Crippen molar-refractivity contribution in [3.05, 3.63) is 325 Å². The summed E-state index contributed by atoms with van der Waals surface area (Å²) < 4.78 is 141. The first-order valence-electron chi connectivity index (χ1n) is 33.9. The molecule has 0 aromatic heterocycles. The minimum Gasteiger partial charge on any atom is -0.214 e. The second kappa shape index (κ2) is 45.6. The smallest absolute Gasteiger partial charge is 0.214 e. The molecule has 0 heterocycles. The van der Waals surface area contributed by atoms with E-state index in [2.05, 4.69) is 93.8 Å². The zero-order valence-electron chi connectivity index (χ0n) is 61.2. The molecule has 0 radical (unpaired) electrons. The number of hydrogen-bond acceptors (Lipinski definition) is 17. The molecule has 12 rings (SSSR count). The summed E-state index contributed by atoms with van der Waals surface area (Å²) in [5.41, 5.74) is 7.69. The molecule has 11 aromatic rings. The molecule has 116 heavy (non-hydrogen) atoms. The van der Waals surface area contributed by atoms with Crippen LogP contribution < -0.4 is 24.4 Å². The first-order valence-corrected chi connectivity index (χ1v) is 40.1. The Kier molecular flexibility index (Phi) is 38.7. The fraction of sp³-hybridized carbons (Fsp3) is 0.122. The van der Waals surface area contributed by atoms with E-state index in [1.165, 1.54) is 14.7 Å². The third kappa shape index (κ3) is 43.2. The van der Waals surface area contributed by atoms with Gasteiger partial charge in [0.2, 0.25) is 0 Å². The minimum absolute atomic E-state index is 0. The van der Waals surface area contributed by atoms with Gasteiger partial charge in [-0.2, -0.15) is 91.6 Å². The number of hydrogen-bond donors (Lipinski definition) is 1. The Balaban J connectivity index is 0.000000380. The number of carbonyl (C=O) groups excluding carboxylic acids is 1. The van der Waals surface area contributed by atoms with Crippen molar-refractivity contribution >= 4 is 91.9 Å². The summed E-state index contributed by atoms with van der Waals surface area (Å²) in [7, 11) is -21.3. The van der Waals surface area contributed by atoms with Crippen molar-refractivity contribution < 1.29 is 130 Å². The maximum absolute atomic E-state index is 12.2. The molecule has 0 fully saturated rings. The summed E-state index contributed by atoms with van der Waals surface area (Å²) in [5, 5.41) is 48.0. The molecule has 0 atom stereocenters. The molecule has 0 unspecified atom stereocenters. The maximum atomic E-state index is 12.2. The van der Waals surface area contributed by atoms with Crippen LogP contribution in [0, 0.1) is 36.5 Å². The van der Waals surface area contributed by atoms with Gasteiger partial charge in [0.15, 0.2) is 0 Å². The molecule has 11 aromatic carbocycles. The fourth-order valence-electron chi connectivity index (χ4n) is 9.42. The standard InChI is InChI=1S/C42H35N4O3S3.C30H28N4O3.2C5H5.2F6P.3Fe/c1-30-29-33(46(26-4-25-43)27-28-48-42(47)31-5-2-3-6-31)9-24-41(30)45-44-32-7-10-34(11-8-32)49-35-12-16-37(17-13-35)51-39-20-22-40(23-21-39)52-38-18-14-36(50)15-19-38;1-23-22-26(34(19-7-18-31)20-21-36-30(35)24-8-5-6-9-24)14-17-29(23)33-32-25-12-15-28(16-13-25)37-27-10-3-2-4-11-27;2*1-2-4-5-3-1;2*1-7(2,3,4,5)6;;;/h2-3,5-24,29,50H,4,26-28H2,1H3;2-6,8-17,22,35H,7,19-21H2,1H3;2*1-5H;;;;;/q-1;;4*-1;3*+2/p-1. The van der Waals surface area contributed by atoms with E-state index in [1.54, 1.807) is 72.1 Å². The number of azo groups is 2. The number of anilines is 2. The molecule has 612 valence electrons. The van der Waals surface area contributed by atoms with Crippen molar-refractivity contribution in [2.75, 3.05) is 49.2 Å². The van der Waals surface area contributed by atoms with E-state index in [0.717, 1.165) is 60.9 Å². The van der Waals surface area contributed by atoms with Gasteiger partial charge in [-0.1, -0.05) is 71.6 Å². The van der Waals surface area contributed by atoms with Gasteiger partial charge in [0.1, 0.15) is 29.6 Å². The Hall–Kier alpha value is -9.89. The SMILES string of the molecule is Cc1cc(N(CCC#N)CCOC(=O)c2cc[cH-]c2)ccc1N=Nc1ccc(Oc2ccc(Sc3ccc(Sc4ccc(S)cc4)cc3)cc2)cc1.Cc1cc(N(CCC#N)CCOC([O-])=C2C=CC=C2)ccc1N=Nc1ccc(Oc2ccccc2)cc1.F[P-](F)(F)(F)(F)F.F[P-](F)(F)(F)(F)F.[Fe+2].[Fe+2].[Fe+2].c1cc[cH-]c1.c1cc[cH-]c1. The molecular formula is C82H72F12Fe3N8O6P2S3. The third-order valence-electron chi connectivity index (χ3n) is 14.6. The Morgan fingerprint density at radius 3 is 1.17 bits per heavy atom. The first kappa shape index (κ1) is 98.5. The van der Waals surface area contributed by atoms with Crippen LogP contribution in [0.15, 0.2) is 354 Å². The molecule has 1 aliphatic rings. The zero-order chi connectivity index (χ0) is 81.9. The van der Waals surface area contributed by atoms with Crippen LogP contribution in [0.5, 0.6) is 23.0 Å². The molecule has 0 saturated heterocycles. The van der Waals surface area contributed by atoms with E-state index in [-0.39, 0.29) is 76.3 Å². The van der Waals surface area contributed by atoms with Gasteiger partial charge in [0, 0.05) is 62.1 Å². The minimum atomic E-state index is -10.7. The van der Waals surface area contributed by atoms with Crippen LogP contribution in [0.25, 0.3) is 0 Å². The summed E-state index contributed by atoms with van der Waals surface area (Å²) in [4.78, 5) is 21.9. The summed E-state index contributed by atoms with van der Waals surface area (Å²) >= 11 is 7.80. The molecule has 0 aliphatic heterocycles. The van der Waals surface area contributed by atoms with Gasteiger partial charge in [-0.25, -0.2) is 24.3 Å². The van der Waals surface area contributed by atoms with E-state index in [0.29, 0.717) is 67.3 Å². The average Bonchev–Trinajstić information content (AvgIpc) is 1.13. The van der Waals surface area contributed by atoms with Crippen molar-refractivity contribution in [3.8, 4) is 35.1 Å². The van der Waals surface area contributed by atoms with Crippen LogP contribution in [-0.4, -0.2) is 45.4 Å². The molecule has 0 spiro atoms. The van der Waals surface area contributed by atoms with E-state index >= 15 is 0 Å². The number of allylic oxidation sites excluding steroid dienone is 5. The number of esters is 1. The van der Waals surface area contributed by atoms with Gasteiger partial charge in [-0.05, 0) is 200 Å². The summed E-state index contributed by atoms with van der Waals surface area (Å²) in [5.74, 6) is 2.25. The Morgan fingerprint density at radius 1 is 0.457 bits per heavy atom. The van der Waals surface area contributed by atoms with Crippen molar-refractivity contribution in [2.45, 2.75) is 51.2 Å². The van der Waals surface area contributed by atoms with Crippen LogP contribution in [0.2, 0.25) is 0 Å². The van der Waals surface area contributed by atoms with Gasteiger partial charge in [0.05, 0.1) is 60.2 Å². The third-order valence-corrected chi connectivity index (χ3v) is 16.9. The molecule has 0 bridgehead atoms. The van der Waals surface area contributed by atoms with Crippen LogP contribution in [0.1, 0.15) is 34.3 Å². The number of carbonyl (C=O) groups is 1. The van der Waals surface area contributed by atoms with Crippen molar-refractivity contribution in [1.29, 1.82) is 10.5 Å². The van der Waals surface area contributed by atoms with Gasteiger partial charge in [-0.3, -0.25) is 4.79 Å². The van der Waals surface area contributed by atoms with Crippen molar-refractivity contribution in [2.24, 2.45) is 20.5 Å². The number of nitriles is 2. The van der Waals surface area contributed by atoms with E-state index in [1.807, 2.05) is 224 Å². The molecule has 0 saturated carbocycles. The molecule has 0 amide bonds. The largest absolute Gasteiger partial charge is 2.00 e. The monoisotopic (exact) mass is 1820 g/mol. The Labute approximate surface area is 709 Å². The second-order valence-corrected chi connectivity index (χ2v) is 30.4. The molecule has 1 aliphatic carbocycles. The number of para-hydroxylation sites is 1. The van der Waals surface area contributed by atoms with Crippen molar-refractivity contribution in [3.63, 3.8) is 0 Å². The maximum Gasteiger partial charge on any atom is 2.00 e. The number of halogens is 12. The van der Waals surface area contributed by atoms with E-state index in [9.17, 15) is 60.3 Å². The number of nitrogens with zero attached hydrogens (tertiary/aromatic N) is 8. The summed E-state index contributed by atoms with van der Waals surface area (Å²) in [6.07, 6.45) is 7.75. The second-order valence-electron chi connectivity index (χ2n) is 23.7.